The molecule has 0 unspecified atom stereocenters. The van der Waals surface area contributed by atoms with Crippen LogP contribution in [-0.2, 0) is 0 Å². The molecule has 0 aromatic heterocycles. The van der Waals surface area contributed by atoms with Gasteiger partial charge in [-0.1, -0.05) is 11.6 Å². The number of carbonyl (C=O) groups excluding carboxylic acids is 1. The van der Waals surface area contributed by atoms with Crippen LogP contribution in [0.25, 0.3) is 0 Å². The molecule has 2 N–H and O–H groups in total. The van der Waals surface area contributed by atoms with Crippen LogP contribution in [0.2, 0.25) is 5.02 Å². The molecule has 0 saturated heterocycles. The highest BCUT2D eigenvalue weighted by Crippen LogP contribution is 2.20. The lowest BCUT2D eigenvalue weighted by Gasteiger charge is -2.02. The molecule has 0 aliphatic heterocycles. The van der Waals surface area contributed by atoms with Gasteiger partial charge in [0.1, 0.15) is 0 Å². The SMILES string of the molecule is C#CCCCC(=O)c1ccc(Cl)c(N)c1. The number of nitrogen functional groups attached to an aromatic ring is 1. The Balaban J connectivity index is 2.67. The Bertz CT molecular complexity index is 407. The minimum Gasteiger partial charge on any atom is -0.398 e. The lowest BCUT2D eigenvalue weighted by molar-refractivity contribution is 0.0980. The third-order valence-corrected chi connectivity index (χ3v) is 2.39. The van der Waals surface area contributed by atoms with Gasteiger partial charge in [0.05, 0.1) is 10.7 Å². The van der Waals surface area contributed by atoms with Gasteiger partial charge in [-0.2, -0.15) is 0 Å². The van der Waals surface area contributed by atoms with Gasteiger partial charge in [-0.3, -0.25) is 4.79 Å². The van der Waals surface area contributed by atoms with Crippen LogP contribution in [0.1, 0.15) is 29.6 Å². The molecule has 0 amide bonds. The van der Waals surface area contributed by atoms with Gasteiger partial charge in [-0.15, -0.1) is 12.3 Å². The fourth-order valence-corrected chi connectivity index (χ4v) is 1.33. The van der Waals surface area contributed by atoms with Crippen molar-refractivity contribution < 1.29 is 4.79 Å². The van der Waals surface area contributed by atoms with Crippen molar-refractivity contribution in [2.75, 3.05) is 5.73 Å². The smallest absolute Gasteiger partial charge is 0.162 e. The molecule has 0 spiro atoms. The van der Waals surface area contributed by atoms with Crippen molar-refractivity contribution in [3.63, 3.8) is 0 Å². The lowest BCUT2D eigenvalue weighted by Crippen LogP contribution is -2.00. The maximum absolute atomic E-state index is 11.6. The zero-order valence-electron chi connectivity index (χ0n) is 8.29. The van der Waals surface area contributed by atoms with Gasteiger partial charge in [0.15, 0.2) is 5.78 Å². The number of carbonyl (C=O) groups is 1. The summed E-state index contributed by atoms with van der Waals surface area (Å²) in [6.45, 7) is 0. The van der Waals surface area contributed by atoms with Crippen molar-refractivity contribution in [1.29, 1.82) is 0 Å². The van der Waals surface area contributed by atoms with E-state index in [1.807, 2.05) is 0 Å². The van der Waals surface area contributed by atoms with Crippen LogP contribution in [0.3, 0.4) is 0 Å². The number of hydrogen-bond donors (Lipinski definition) is 1. The molecular formula is C12H12ClNO. The van der Waals surface area contributed by atoms with E-state index in [2.05, 4.69) is 5.92 Å². The highest BCUT2D eigenvalue weighted by Gasteiger charge is 2.06. The van der Waals surface area contributed by atoms with E-state index in [0.717, 1.165) is 0 Å². The normalized spacial score (nSPS) is 9.60. The van der Waals surface area contributed by atoms with Gasteiger partial charge in [-0.05, 0) is 24.6 Å². The molecule has 3 heteroatoms. The molecule has 0 fully saturated rings. The van der Waals surface area contributed by atoms with Crippen LogP contribution in [-0.4, -0.2) is 5.78 Å². The van der Waals surface area contributed by atoms with E-state index in [4.69, 9.17) is 23.8 Å². The summed E-state index contributed by atoms with van der Waals surface area (Å²) < 4.78 is 0. The van der Waals surface area contributed by atoms with Crippen molar-refractivity contribution in [1.82, 2.24) is 0 Å². The molecule has 0 aliphatic carbocycles. The van der Waals surface area contributed by atoms with E-state index < -0.39 is 0 Å². The Morgan fingerprint density at radius 1 is 1.53 bits per heavy atom. The largest absolute Gasteiger partial charge is 0.398 e. The summed E-state index contributed by atoms with van der Waals surface area (Å²) in [5, 5.41) is 0.468. The zero-order chi connectivity index (χ0) is 11.3. The van der Waals surface area contributed by atoms with Crippen molar-refractivity contribution in [3.05, 3.63) is 28.8 Å². The minimum atomic E-state index is 0.0496. The molecule has 15 heavy (non-hydrogen) atoms. The maximum atomic E-state index is 11.6. The summed E-state index contributed by atoms with van der Waals surface area (Å²) in [7, 11) is 0. The number of Topliss-reactive ketones (excluding diaryl/α,β-unsaturated/α-hetero) is 1. The second-order valence-electron chi connectivity index (χ2n) is 3.22. The topological polar surface area (TPSA) is 43.1 Å². The summed E-state index contributed by atoms with van der Waals surface area (Å²) in [6, 6.07) is 4.91. The first-order valence-corrected chi connectivity index (χ1v) is 5.04. The number of benzene rings is 1. The zero-order valence-corrected chi connectivity index (χ0v) is 9.05. The molecule has 1 aromatic carbocycles. The number of anilines is 1. The second kappa shape index (κ2) is 5.43. The molecule has 0 radical (unpaired) electrons. The van der Waals surface area contributed by atoms with E-state index in [1.165, 1.54) is 0 Å². The first-order valence-electron chi connectivity index (χ1n) is 4.67. The van der Waals surface area contributed by atoms with Crippen molar-refractivity contribution in [2.45, 2.75) is 19.3 Å². The Hall–Kier alpha value is -1.46. The predicted molar refractivity (Wildman–Crippen MR) is 62.9 cm³/mol. The fraction of sp³-hybridized carbons (Fsp3) is 0.250. The molecular weight excluding hydrogens is 210 g/mol. The van der Waals surface area contributed by atoms with Crippen molar-refractivity contribution in [3.8, 4) is 12.3 Å². The number of halogens is 1. The van der Waals surface area contributed by atoms with Crippen molar-refractivity contribution >= 4 is 23.1 Å². The Kier molecular flexibility index (Phi) is 4.20. The number of terminal acetylenes is 1. The maximum Gasteiger partial charge on any atom is 0.162 e. The molecule has 0 aliphatic rings. The number of hydrogen-bond acceptors (Lipinski definition) is 2. The first-order chi connectivity index (χ1) is 7.15. The van der Waals surface area contributed by atoms with E-state index in [0.29, 0.717) is 35.5 Å². The minimum absolute atomic E-state index is 0.0496. The number of rotatable bonds is 4. The standard InChI is InChI=1S/C12H12ClNO/c1-2-3-4-5-12(15)9-6-7-10(13)11(14)8-9/h1,6-8H,3-5,14H2. The van der Waals surface area contributed by atoms with E-state index in [1.54, 1.807) is 18.2 Å². The van der Waals surface area contributed by atoms with Gasteiger partial charge in [-0.25, -0.2) is 0 Å². The Morgan fingerprint density at radius 3 is 2.87 bits per heavy atom. The third-order valence-electron chi connectivity index (χ3n) is 2.04. The van der Waals surface area contributed by atoms with E-state index in [-0.39, 0.29) is 5.78 Å². The molecule has 78 valence electrons. The average Bonchev–Trinajstić information content (AvgIpc) is 2.22. The highest BCUT2D eigenvalue weighted by atomic mass is 35.5. The van der Waals surface area contributed by atoms with Gasteiger partial charge in [0.25, 0.3) is 0 Å². The van der Waals surface area contributed by atoms with E-state index in [9.17, 15) is 4.79 Å². The van der Waals surface area contributed by atoms with Crippen LogP contribution < -0.4 is 5.73 Å². The summed E-state index contributed by atoms with van der Waals surface area (Å²) in [4.78, 5) is 11.6. The van der Waals surface area contributed by atoms with Crippen LogP contribution >= 0.6 is 11.6 Å². The predicted octanol–water partition coefficient (Wildman–Crippen LogP) is 2.91. The fourth-order valence-electron chi connectivity index (χ4n) is 1.21. The van der Waals surface area contributed by atoms with Crippen LogP contribution in [0.4, 0.5) is 5.69 Å². The Morgan fingerprint density at radius 2 is 2.27 bits per heavy atom. The molecule has 0 heterocycles. The van der Waals surface area contributed by atoms with Crippen LogP contribution in [0.15, 0.2) is 18.2 Å². The van der Waals surface area contributed by atoms with E-state index >= 15 is 0 Å². The van der Waals surface area contributed by atoms with Crippen LogP contribution in [0, 0.1) is 12.3 Å². The first kappa shape index (κ1) is 11.6. The molecule has 0 bridgehead atoms. The van der Waals surface area contributed by atoms with Gasteiger partial charge < -0.3 is 5.73 Å². The lowest BCUT2D eigenvalue weighted by atomic mass is 10.1. The summed E-state index contributed by atoms with van der Waals surface area (Å²) in [5.74, 6) is 2.55. The molecule has 1 aromatic rings. The quantitative estimate of drug-likeness (QED) is 0.368. The van der Waals surface area contributed by atoms with Crippen molar-refractivity contribution in [2.24, 2.45) is 0 Å². The molecule has 2 nitrogen and oxygen atoms in total. The summed E-state index contributed by atoms with van der Waals surface area (Å²) in [5.41, 5.74) is 6.62. The number of nitrogens with two attached hydrogens (primary N) is 1. The third kappa shape index (κ3) is 3.30. The van der Waals surface area contributed by atoms with Gasteiger partial charge in [0.2, 0.25) is 0 Å². The van der Waals surface area contributed by atoms with Gasteiger partial charge >= 0.3 is 0 Å². The monoisotopic (exact) mass is 221 g/mol. The average molecular weight is 222 g/mol. The summed E-state index contributed by atoms with van der Waals surface area (Å²) >= 11 is 5.75. The molecule has 1 rings (SSSR count). The summed E-state index contributed by atoms with van der Waals surface area (Å²) in [6.07, 6.45) is 6.87. The Labute approximate surface area is 94.4 Å². The van der Waals surface area contributed by atoms with Crippen LogP contribution in [0.5, 0.6) is 0 Å². The van der Waals surface area contributed by atoms with Gasteiger partial charge in [0, 0.05) is 18.4 Å². The number of ketones is 1. The molecule has 0 atom stereocenters. The molecule has 0 saturated carbocycles. The second-order valence-corrected chi connectivity index (χ2v) is 3.62. The number of unbranched alkanes of at least 4 members (excludes halogenated alkanes) is 1. The highest BCUT2D eigenvalue weighted by molar-refractivity contribution is 6.33.